The lowest BCUT2D eigenvalue weighted by molar-refractivity contribution is -0.337. The van der Waals surface area contributed by atoms with Crippen LogP contribution in [0, 0.1) is 47.3 Å². The minimum Gasteiger partial charge on any atom is -0.365 e. The smallest absolute Gasteiger partial charge is 0.233 e. The van der Waals surface area contributed by atoms with E-state index in [1.54, 1.807) is 0 Å². The predicted molar refractivity (Wildman–Crippen MR) is 71.4 cm³/mol. The minimum absolute atomic E-state index is 0.121. The topological polar surface area (TPSA) is 66.8 Å². The first kappa shape index (κ1) is 11.6. The van der Waals surface area contributed by atoms with Crippen LogP contribution in [0.15, 0.2) is 24.3 Å². The van der Waals surface area contributed by atoms with Crippen LogP contribution in [0.4, 0.5) is 0 Å². The van der Waals surface area contributed by atoms with Crippen LogP contribution in [-0.4, -0.2) is 27.6 Å². The molecule has 6 bridgehead atoms. The van der Waals surface area contributed by atoms with Crippen LogP contribution in [0.5, 0.6) is 0 Å². The summed E-state index contributed by atoms with van der Waals surface area (Å²) in [7, 11) is 0. The Labute approximate surface area is 122 Å². The lowest BCUT2D eigenvalue weighted by atomic mass is 9.70. The van der Waals surface area contributed by atoms with Crippen molar-refractivity contribution < 1.29 is 19.7 Å². The van der Waals surface area contributed by atoms with Gasteiger partial charge in [0.25, 0.3) is 0 Å². The van der Waals surface area contributed by atoms with Crippen LogP contribution in [0.3, 0.4) is 0 Å². The Balaban J connectivity index is 1.60. The fraction of sp³-hybridized carbons (Fsp3) is 0.706. The predicted octanol–water partition coefficient (Wildman–Crippen LogP) is 0.853. The number of rotatable bonds is 0. The molecule has 0 amide bonds. The van der Waals surface area contributed by atoms with Crippen molar-refractivity contribution in [3.05, 3.63) is 24.3 Å². The maximum absolute atomic E-state index is 13.0. The van der Waals surface area contributed by atoms with Crippen molar-refractivity contribution in [2.24, 2.45) is 47.3 Å². The Morgan fingerprint density at radius 3 is 2.24 bits per heavy atom. The van der Waals surface area contributed by atoms with Crippen molar-refractivity contribution in [1.82, 2.24) is 0 Å². The molecule has 0 aromatic carbocycles. The summed E-state index contributed by atoms with van der Waals surface area (Å²) in [4.78, 5) is 13.0. The second kappa shape index (κ2) is 3.05. The summed E-state index contributed by atoms with van der Waals surface area (Å²) >= 11 is 0. The van der Waals surface area contributed by atoms with Crippen molar-refractivity contribution in [2.75, 3.05) is 0 Å². The van der Waals surface area contributed by atoms with E-state index < -0.39 is 11.6 Å². The fourth-order valence-electron chi connectivity index (χ4n) is 6.79. The van der Waals surface area contributed by atoms with E-state index in [1.165, 1.54) is 0 Å². The monoisotopic (exact) mass is 286 g/mol. The van der Waals surface area contributed by atoms with Crippen LogP contribution in [0.25, 0.3) is 0 Å². The van der Waals surface area contributed by atoms with Gasteiger partial charge in [0.1, 0.15) is 0 Å². The third kappa shape index (κ3) is 0.980. The van der Waals surface area contributed by atoms with Crippen molar-refractivity contribution in [3.8, 4) is 0 Å². The Hall–Kier alpha value is -0.970. The molecule has 21 heavy (non-hydrogen) atoms. The Morgan fingerprint density at radius 1 is 0.905 bits per heavy atom. The first-order chi connectivity index (χ1) is 10.0. The largest absolute Gasteiger partial charge is 0.365 e. The zero-order valence-electron chi connectivity index (χ0n) is 11.6. The molecule has 6 rings (SSSR count). The van der Waals surface area contributed by atoms with Crippen LogP contribution in [-0.2, 0) is 9.53 Å². The average Bonchev–Trinajstić information content (AvgIpc) is 3.22. The molecule has 4 fully saturated rings. The van der Waals surface area contributed by atoms with Crippen molar-refractivity contribution >= 4 is 5.78 Å². The zero-order chi connectivity index (χ0) is 14.1. The second-order valence-electron chi connectivity index (χ2n) is 7.91. The van der Waals surface area contributed by atoms with E-state index in [9.17, 15) is 15.0 Å². The summed E-state index contributed by atoms with van der Waals surface area (Å²) in [6.45, 7) is 0. The van der Waals surface area contributed by atoms with Gasteiger partial charge >= 0.3 is 0 Å². The molecular weight excluding hydrogens is 268 g/mol. The molecule has 4 aliphatic carbocycles. The number of Topliss-reactive ketones (excluding diaryl/α,β-unsaturated/α-hetero) is 1. The van der Waals surface area contributed by atoms with Crippen LogP contribution in [0.2, 0.25) is 0 Å². The molecule has 2 saturated heterocycles. The first-order valence-electron chi connectivity index (χ1n) is 8.10. The number of ether oxygens (including phenoxy) is 1. The van der Waals surface area contributed by atoms with E-state index in [2.05, 4.69) is 24.3 Å². The van der Waals surface area contributed by atoms with Gasteiger partial charge < -0.3 is 14.9 Å². The molecule has 0 aromatic rings. The maximum Gasteiger partial charge on any atom is 0.233 e. The molecule has 2 heterocycles. The lowest BCUT2D eigenvalue weighted by Gasteiger charge is -2.46. The molecule has 0 spiro atoms. The van der Waals surface area contributed by atoms with E-state index in [0.29, 0.717) is 0 Å². The zero-order valence-corrected chi connectivity index (χ0v) is 11.6. The number of fused-ring (bicyclic) bond motifs is 15. The SMILES string of the molecule is O=C1C2C3C=CC(C3)C2C2(O)OC1(O)C1C3C=CC(C3)C12. The standard InChI is InChI=1S/C17H18O4/c18-15-11-7-1-2-8(5-7)12(11)16(19)13-9-3-4-10(6-9)14(13)17(15,20)21-16/h1-4,7-14,19-20H,5-6H2. The van der Waals surface area contributed by atoms with Gasteiger partial charge in [-0.05, 0) is 36.5 Å². The summed E-state index contributed by atoms with van der Waals surface area (Å²) in [6.07, 6.45) is 10.4. The van der Waals surface area contributed by atoms with E-state index in [1.807, 2.05) is 0 Å². The number of carbonyl (C=O) groups is 1. The highest BCUT2D eigenvalue weighted by Gasteiger charge is 2.80. The van der Waals surface area contributed by atoms with Gasteiger partial charge in [-0.25, -0.2) is 0 Å². The summed E-state index contributed by atoms with van der Waals surface area (Å²) < 4.78 is 5.79. The van der Waals surface area contributed by atoms with Gasteiger partial charge in [0, 0.05) is 23.7 Å². The molecule has 4 nitrogen and oxygen atoms in total. The highest BCUT2D eigenvalue weighted by Crippen LogP contribution is 2.71. The van der Waals surface area contributed by atoms with Crippen LogP contribution < -0.4 is 0 Å². The van der Waals surface area contributed by atoms with E-state index in [-0.39, 0.29) is 53.1 Å². The number of hydrogen-bond acceptors (Lipinski definition) is 4. The van der Waals surface area contributed by atoms with Gasteiger partial charge in [0.05, 0.1) is 0 Å². The molecule has 2 N–H and O–H groups in total. The minimum atomic E-state index is -1.76. The highest BCUT2D eigenvalue weighted by atomic mass is 16.7. The van der Waals surface area contributed by atoms with E-state index in [0.717, 1.165) is 12.8 Å². The third-order valence-electron chi connectivity index (χ3n) is 7.30. The Bertz CT molecular complexity index is 639. The molecule has 4 heteroatoms. The number of carbonyl (C=O) groups excluding carboxylic acids is 1. The van der Waals surface area contributed by atoms with Crippen LogP contribution in [0.1, 0.15) is 12.8 Å². The van der Waals surface area contributed by atoms with E-state index >= 15 is 0 Å². The number of aliphatic hydroxyl groups is 2. The summed E-state index contributed by atoms with van der Waals surface area (Å²) in [6, 6.07) is 0. The molecule has 0 aromatic heterocycles. The summed E-state index contributed by atoms with van der Waals surface area (Å²) in [5.74, 6) is -3.23. The molecule has 6 aliphatic rings. The molecule has 10 atom stereocenters. The Morgan fingerprint density at radius 2 is 1.48 bits per heavy atom. The van der Waals surface area contributed by atoms with E-state index in [4.69, 9.17) is 4.74 Å². The lowest BCUT2D eigenvalue weighted by Crippen LogP contribution is -2.60. The third-order valence-corrected chi connectivity index (χ3v) is 7.30. The summed E-state index contributed by atoms with van der Waals surface area (Å²) in [5, 5.41) is 22.4. The van der Waals surface area contributed by atoms with Crippen LogP contribution >= 0.6 is 0 Å². The van der Waals surface area contributed by atoms with Gasteiger partial charge in [0.2, 0.25) is 5.79 Å². The quantitative estimate of drug-likeness (QED) is 0.648. The molecule has 2 saturated carbocycles. The number of allylic oxidation sites excluding steroid dienone is 4. The van der Waals surface area contributed by atoms with Crippen molar-refractivity contribution in [1.29, 1.82) is 0 Å². The maximum atomic E-state index is 13.0. The fourth-order valence-corrected chi connectivity index (χ4v) is 6.79. The normalized spacial score (nSPS) is 68.0. The van der Waals surface area contributed by atoms with Gasteiger partial charge in [-0.1, -0.05) is 24.3 Å². The average molecular weight is 286 g/mol. The molecule has 10 unspecified atom stereocenters. The molecule has 0 radical (unpaired) electrons. The highest BCUT2D eigenvalue weighted by molar-refractivity contribution is 5.91. The van der Waals surface area contributed by atoms with Crippen molar-refractivity contribution in [3.63, 3.8) is 0 Å². The molecule has 110 valence electrons. The summed E-state index contributed by atoms with van der Waals surface area (Å²) in [5.41, 5.74) is 0. The van der Waals surface area contributed by atoms with Crippen molar-refractivity contribution in [2.45, 2.75) is 24.4 Å². The van der Waals surface area contributed by atoms with Gasteiger partial charge in [-0.3, -0.25) is 4.79 Å². The molecular formula is C17H18O4. The number of hydrogen-bond donors (Lipinski definition) is 2. The van der Waals surface area contributed by atoms with Gasteiger partial charge in [0.15, 0.2) is 11.6 Å². The first-order valence-corrected chi connectivity index (χ1v) is 8.10. The van der Waals surface area contributed by atoms with Gasteiger partial charge in [-0.2, -0.15) is 0 Å². The van der Waals surface area contributed by atoms with Gasteiger partial charge in [-0.15, -0.1) is 0 Å². The second-order valence-corrected chi connectivity index (χ2v) is 7.91. The Kier molecular flexibility index (Phi) is 1.68. The number of ketones is 1. The molecule has 2 aliphatic heterocycles.